The predicted octanol–water partition coefficient (Wildman–Crippen LogP) is 3.38. The fourth-order valence-corrected chi connectivity index (χ4v) is 3.79. The Hall–Kier alpha value is -2.05. The number of para-hydroxylation sites is 1. The van der Waals surface area contributed by atoms with Crippen LogP contribution in [0.5, 0.6) is 5.75 Å². The third-order valence-corrected chi connectivity index (χ3v) is 5.42. The molecule has 1 unspecified atom stereocenters. The Morgan fingerprint density at radius 1 is 1.00 bits per heavy atom. The standard InChI is InChI=1S/C22H26ClN3O2/c23-18-5-7-21(8-6-18)28-16-20(27)15-26-11-9-25(10-12-26)14-19-13-17-3-1-2-4-22(17)24-19/h1-8,13,20,24,27H,9-12,14-16H2. The van der Waals surface area contributed by atoms with E-state index in [0.29, 0.717) is 11.6 Å². The Kier molecular flexibility index (Phi) is 6.17. The van der Waals surface area contributed by atoms with E-state index in [-0.39, 0.29) is 6.61 Å². The molecular formula is C22H26ClN3O2. The van der Waals surface area contributed by atoms with Gasteiger partial charge in [0.1, 0.15) is 18.5 Å². The first-order valence-corrected chi connectivity index (χ1v) is 10.1. The van der Waals surface area contributed by atoms with Crippen LogP contribution in [-0.4, -0.2) is 65.3 Å². The van der Waals surface area contributed by atoms with Gasteiger partial charge in [0.2, 0.25) is 0 Å². The molecule has 1 saturated heterocycles. The van der Waals surface area contributed by atoms with Gasteiger partial charge in [0.05, 0.1) is 0 Å². The number of piperazine rings is 1. The molecule has 5 nitrogen and oxygen atoms in total. The van der Waals surface area contributed by atoms with Crippen molar-refractivity contribution in [3.05, 3.63) is 65.3 Å². The summed E-state index contributed by atoms with van der Waals surface area (Å²) in [6.07, 6.45) is -0.504. The van der Waals surface area contributed by atoms with Gasteiger partial charge in [-0.15, -0.1) is 0 Å². The van der Waals surface area contributed by atoms with Crippen molar-refractivity contribution >= 4 is 22.5 Å². The average Bonchev–Trinajstić information content (AvgIpc) is 3.11. The van der Waals surface area contributed by atoms with E-state index in [0.717, 1.165) is 38.5 Å². The van der Waals surface area contributed by atoms with E-state index < -0.39 is 6.10 Å². The number of hydrogen-bond acceptors (Lipinski definition) is 4. The number of nitrogens with zero attached hydrogens (tertiary/aromatic N) is 2. The molecule has 2 N–H and O–H groups in total. The number of nitrogens with one attached hydrogen (secondary N) is 1. The summed E-state index contributed by atoms with van der Waals surface area (Å²) in [5.41, 5.74) is 2.45. The maximum atomic E-state index is 10.3. The maximum absolute atomic E-state index is 10.3. The Balaban J connectivity index is 1.20. The van der Waals surface area contributed by atoms with Crippen LogP contribution in [0.3, 0.4) is 0 Å². The zero-order valence-corrected chi connectivity index (χ0v) is 16.6. The number of aromatic amines is 1. The van der Waals surface area contributed by atoms with Crippen LogP contribution in [0.15, 0.2) is 54.6 Å². The smallest absolute Gasteiger partial charge is 0.119 e. The van der Waals surface area contributed by atoms with Gasteiger partial charge < -0.3 is 14.8 Å². The van der Waals surface area contributed by atoms with E-state index in [4.69, 9.17) is 16.3 Å². The lowest BCUT2D eigenvalue weighted by molar-refractivity contribution is 0.0444. The first-order chi connectivity index (χ1) is 13.7. The summed E-state index contributed by atoms with van der Waals surface area (Å²) in [6, 6.07) is 17.8. The summed E-state index contributed by atoms with van der Waals surface area (Å²) < 4.78 is 5.64. The molecule has 0 radical (unpaired) electrons. The summed E-state index contributed by atoms with van der Waals surface area (Å²) >= 11 is 5.87. The van der Waals surface area contributed by atoms with E-state index in [1.54, 1.807) is 12.1 Å². The molecule has 4 rings (SSSR count). The number of benzene rings is 2. The van der Waals surface area contributed by atoms with Crippen LogP contribution in [0.4, 0.5) is 0 Å². The molecule has 1 aliphatic rings. The molecule has 2 heterocycles. The summed E-state index contributed by atoms with van der Waals surface area (Å²) in [5, 5.41) is 12.2. The number of aromatic nitrogens is 1. The van der Waals surface area contributed by atoms with Gasteiger partial charge in [0.15, 0.2) is 0 Å². The highest BCUT2D eigenvalue weighted by Crippen LogP contribution is 2.17. The highest BCUT2D eigenvalue weighted by atomic mass is 35.5. The molecule has 0 aliphatic carbocycles. The van der Waals surface area contributed by atoms with E-state index in [2.05, 4.69) is 45.1 Å². The fraction of sp³-hybridized carbons (Fsp3) is 0.364. The zero-order valence-electron chi connectivity index (χ0n) is 15.9. The maximum Gasteiger partial charge on any atom is 0.119 e. The Labute approximate surface area is 170 Å². The molecule has 3 aromatic rings. The first kappa shape index (κ1) is 19.3. The van der Waals surface area contributed by atoms with E-state index in [1.165, 1.54) is 16.6 Å². The summed E-state index contributed by atoms with van der Waals surface area (Å²) in [7, 11) is 0. The molecule has 148 valence electrons. The summed E-state index contributed by atoms with van der Waals surface area (Å²) in [6.45, 7) is 5.77. The van der Waals surface area contributed by atoms with Gasteiger partial charge in [0.25, 0.3) is 0 Å². The largest absolute Gasteiger partial charge is 0.491 e. The van der Waals surface area contributed by atoms with E-state index >= 15 is 0 Å². The Morgan fingerprint density at radius 2 is 1.71 bits per heavy atom. The fourth-order valence-electron chi connectivity index (χ4n) is 3.66. The van der Waals surface area contributed by atoms with Gasteiger partial charge in [-0.3, -0.25) is 9.80 Å². The van der Waals surface area contributed by atoms with Crippen LogP contribution in [-0.2, 0) is 6.54 Å². The SMILES string of the molecule is OC(COc1ccc(Cl)cc1)CN1CCN(Cc2cc3ccccc3[nH]2)CC1. The van der Waals surface area contributed by atoms with Crippen molar-refractivity contribution in [1.29, 1.82) is 0 Å². The first-order valence-electron chi connectivity index (χ1n) is 9.73. The highest BCUT2D eigenvalue weighted by molar-refractivity contribution is 6.30. The molecule has 0 spiro atoms. The van der Waals surface area contributed by atoms with Crippen molar-refractivity contribution in [3.8, 4) is 5.75 Å². The number of ether oxygens (including phenoxy) is 1. The normalized spacial score (nSPS) is 17.1. The quantitative estimate of drug-likeness (QED) is 0.639. The lowest BCUT2D eigenvalue weighted by Crippen LogP contribution is -2.48. The number of hydrogen-bond donors (Lipinski definition) is 2. The van der Waals surface area contributed by atoms with Crippen LogP contribution < -0.4 is 4.74 Å². The van der Waals surface area contributed by atoms with Crippen LogP contribution in [0, 0.1) is 0 Å². The zero-order chi connectivity index (χ0) is 19.3. The Bertz CT molecular complexity index is 855. The van der Waals surface area contributed by atoms with Gasteiger partial charge in [-0.05, 0) is 41.8 Å². The third-order valence-electron chi connectivity index (χ3n) is 5.17. The molecular weight excluding hydrogens is 374 g/mol. The Morgan fingerprint density at radius 3 is 2.46 bits per heavy atom. The van der Waals surface area contributed by atoms with Crippen molar-refractivity contribution < 1.29 is 9.84 Å². The molecule has 1 atom stereocenters. The number of fused-ring (bicyclic) bond motifs is 1. The number of rotatable bonds is 7. The molecule has 1 aliphatic heterocycles. The lowest BCUT2D eigenvalue weighted by atomic mass is 10.2. The van der Waals surface area contributed by atoms with Crippen molar-refractivity contribution in [3.63, 3.8) is 0 Å². The van der Waals surface area contributed by atoms with Crippen molar-refractivity contribution in [2.45, 2.75) is 12.6 Å². The summed E-state index contributed by atoms with van der Waals surface area (Å²) in [4.78, 5) is 8.26. The van der Waals surface area contributed by atoms with Crippen molar-refractivity contribution in [1.82, 2.24) is 14.8 Å². The third kappa shape index (κ3) is 5.06. The molecule has 6 heteroatoms. The summed E-state index contributed by atoms with van der Waals surface area (Å²) in [5.74, 6) is 0.728. The second kappa shape index (κ2) is 8.97. The predicted molar refractivity (Wildman–Crippen MR) is 113 cm³/mol. The molecule has 2 aromatic carbocycles. The molecule has 1 aromatic heterocycles. The van der Waals surface area contributed by atoms with Crippen LogP contribution in [0.25, 0.3) is 10.9 Å². The molecule has 0 saturated carbocycles. The van der Waals surface area contributed by atoms with Gasteiger partial charge >= 0.3 is 0 Å². The van der Waals surface area contributed by atoms with Crippen LogP contribution in [0.1, 0.15) is 5.69 Å². The van der Waals surface area contributed by atoms with Crippen LogP contribution in [0.2, 0.25) is 5.02 Å². The molecule has 0 amide bonds. The van der Waals surface area contributed by atoms with Gasteiger partial charge in [-0.2, -0.15) is 0 Å². The topological polar surface area (TPSA) is 51.7 Å². The van der Waals surface area contributed by atoms with E-state index in [1.807, 2.05) is 12.1 Å². The number of halogens is 1. The molecule has 0 bridgehead atoms. The van der Waals surface area contributed by atoms with Gasteiger partial charge in [-0.25, -0.2) is 0 Å². The number of aliphatic hydroxyl groups is 1. The second-order valence-electron chi connectivity index (χ2n) is 7.38. The minimum Gasteiger partial charge on any atom is -0.491 e. The minimum atomic E-state index is -0.504. The number of aliphatic hydroxyl groups excluding tert-OH is 1. The average molecular weight is 400 g/mol. The lowest BCUT2D eigenvalue weighted by Gasteiger charge is -2.35. The van der Waals surface area contributed by atoms with Crippen molar-refractivity contribution in [2.75, 3.05) is 39.3 Å². The molecule has 1 fully saturated rings. The van der Waals surface area contributed by atoms with Crippen molar-refractivity contribution in [2.24, 2.45) is 0 Å². The van der Waals surface area contributed by atoms with Gasteiger partial charge in [0, 0.05) is 55.5 Å². The van der Waals surface area contributed by atoms with E-state index in [9.17, 15) is 5.11 Å². The molecule has 28 heavy (non-hydrogen) atoms. The number of β-amino-alcohol motifs (C(OH)–C–C–N with tert-alkyl or cyclic N) is 1. The minimum absolute atomic E-state index is 0.289. The second-order valence-corrected chi connectivity index (χ2v) is 7.81. The van der Waals surface area contributed by atoms with Gasteiger partial charge in [-0.1, -0.05) is 29.8 Å². The monoisotopic (exact) mass is 399 g/mol. The highest BCUT2D eigenvalue weighted by Gasteiger charge is 2.20. The number of H-pyrrole nitrogens is 1. The van der Waals surface area contributed by atoms with Crippen LogP contribution >= 0.6 is 11.6 Å².